The molecule has 0 fully saturated rings. The number of aliphatic imine (C=N–C) groups is 1. The fraction of sp³-hybridized carbons (Fsp3) is 0.391. The molecule has 0 radical (unpaired) electrons. The van der Waals surface area contributed by atoms with Crippen LogP contribution < -0.4 is 16.0 Å². The third-order valence-corrected chi connectivity index (χ3v) is 5.00. The van der Waals surface area contributed by atoms with Crippen LogP contribution in [0, 0.1) is 13.8 Å². The van der Waals surface area contributed by atoms with E-state index in [1.165, 1.54) is 28.4 Å². The maximum Gasteiger partial charge on any atom is 0.287 e. The molecular formula is C23H32IN5O2. The number of amides is 1. The fourth-order valence-corrected chi connectivity index (χ4v) is 3.46. The average molecular weight is 537 g/mol. The van der Waals surface area contributed by atoms with Gasteiger partial charge in [-0.3, -0.25) is 9.79 Å². The molecule has 1 aromatic carbocycles. The van der Waals surface area contributed by atoms with Gasteiger partial charge in [-0.05, 0) is 51.3 Å². The molecule has 0 atom stereocenters. The van der Waals surface area contributed by atoms with Crippen molar-refractivity contribution in [3.8, 4) is 0 Å². The number of rotatable bonds is 9. The van der Waals surface area contributed by atoms with Crippen LogP contribution in [0.2, 0.25) is 0 Å². The van der Waals surface area contributed by atoms with Crippen molar-refractivity contribution < 1.29 is 9.21 Å². The van der Waals surface area contributed by atoms with Crippen molar-refractivity contribution in [1.82, 2.24) is 20.9 Å². The number of hydrogen-bond donors (Lipinski definition) is 4. The molecule has 8 heteroatoms. The largest absolute Gasteiger partial charge is 0.459 e. The number of para-hydroxylation sites is 1. The number of nitrogens with one attached hydrogen (secondary N) is 4. The molecule has 0 spiro atoms. The molecule has 0 aliphatic carbocycles. The molecule has 0 saturated carbocycles. The lowest BCUT2D eigenvalue weighted by Crippen LogP contribution is -2.38. The van der Waals surface area contributed by atoms with Crippen LogP contribution in [0.5, 0.6) is 0 Å². The first kappa shape index (κ1) is 24.8. The molecule has 3 aromatic rings. The molecule has 31 heavy (non-hydrogen) atoms. The van der Waals surface area contributed by atoms with Gasteiger partial charge in [0.05, 0.1) is 6.26 Å². The molecule has 7 nitrogen and oxygen atoms in total. The first-order valence-corrected chi connectivity index (χ1v) is 10.5. The van der Waals surface area contributed by atoms with E-state index in [-0.39, 0.29) is 29.9 Å². The van der Waals surface area contributed by atoms with Gasteiger partial charge in [0, 0.05) is 48.3 Å². The number of hydrogen-bond acceptors (Lipinski definition) is 3. The van der Waals surface area contributed by atoms with Crippen LogP contribution in [0.25, 0.3) is 10.9 Å². The molecule has 3 rings (SSSR count). The summed E-state index contributed by atoms with van der Waals surface area (Å²) < 4.78 is 5.20. The second kappa shape index (κ2) is 12.4. The minimum absolute atomic E-state index is 0. The number of aromatic nitrogens is 1. The van der Waals surface area contributed by atoms with Crippen molar-refractivity contribution in [2.75, 3.05) is 26.2 Å². The highest BCUT2D eigenvalue weighted by Crippen LogP contribution is 2.21. The molecule has 4 N–H and O–H groups in total. The number of benzene rings is 1. The zero-order valence-electron chi connectivity index (χ0n) is 18.4. The van der Waals surface area contributed by atoms with Crippen molar-refractivity contribution >= 4 is 46.7 Å². The SMILES string of the molecule is CCNC(=NCCCNC(=O)c1occc1C)NCCc1c(C)[nH]c2ccccc12.I. The Morgan fingerprint density at radius 2 is 1.90 bits per heavy atom. The Kier molecular flexibility index (Phi) is 9.90. The number of fused-ring (bicyclic) bond motifs is 1. The zero-order chi connectivity index (χ0) is 21.3. The van der Waals surface area contributed by atoms with Crippen LogP contribution in [0.3, 0.4) is 0 Å². The molecule has 0 aliphatic heterocycles. The maximum atomic E-state index is 12.0. The van der Waals surface area contributed by atoms with Crippen LogP contribution >= 0.6 is 24.0 Å². The molecule has 2 aromatic heterocycles. The van der Waals surface area contributed by atoms with Gasteiger partial charge >= 0.3 is 0 Å². The third-order valence-electron chi connectivity index (χ3n) is 5.00. The van der Waals surface area contributed by atoms with E-state index < -0.39 is 0 Å². The molecule has 0 bridgehead atoms. The minimum atomic E-state index is -0.180. The molecule has 0 saturated heterocycles. The van der Waals surface area contributed by atoms with Gasteiger partial charge in [0.15, 0.2) is 11.7 Å². The Labute approximate surface area is 200 Å². The highest BCUT2D eigenvalue weighted by Gasteiger charge is 2.11. The summed E-state index contributed by atoms with van der Waals surface area (Å²) in [5.74, 6) is 0.991. The second-order valence-corrected chi connectivity index (χ2v) is 7.25. The van der Waals surface area contributed by atoms with Crippen LogP contribution in [0.4, 0.5) is 0 Å². The van der Waals surface area contributed by atoms with Crippen LogP contribution in [-0.4, -0.2) is 43.0 Å². The first-order chi connectivity index (χ1) is 14.6. The normalized spacial score (nSPS) is 11.3. The summed E-state index contributed by atoms with van der Waals surface area (Å²) in [7, 11) is 0. The van der Waals surface area contributed by atoms with Gasteiger partial charge in [-0.2, -0.15) is 0 Å². The summed E-state index contributed by atoms with van der Waals surface area (Å²) in [4.78, 5) is 20.1. The molecule has 2 heterocycles. The van der Waals surface area contributed by atoms with E-state index in [4.69, 9.17) is 4.42 Å². The van der Waals surface area contributed by atoms with Crippen LogP contribution in [0.15, 0.2) is 46.0 Å². The lowest BCUT2D eigenvalue weighted by Gasteiger charge is -2.11. The van der Waals surface area contributed by atoms with E-state index in [2.05, 4.69) is 57.1 Å². The van der Waals surface area contributed by atoms with Gasteiger partial charge < -0.3 is 25.4 Å². The number of aromatic amines is 1. The summed E-state index contributed by atoms with van der Waals surface area (Å²) in [5, 5.41) is 10.8. The molecule has 0 unspecified atom stereocenters. The van der Waals surface area contributed by atoms with Gasteiger partial charge in [-0.1, -0.05) is 18.2 Å². The number of nitrogens with zero attached hydrogens (tertiary/aromatic N) is 1. The van der Waals surface area contributed by atoms with Gasteiger partial charge in [0.25, 0.3) is 5.91 Å². The summed E-state index contributed by atoms with van der Waals surface area (Å²) in [6, 6.07) is 10.2. The third kappa shape index (κ3) is 6.75. The highest BCUT2D eigenvalue weighted by molar-refractivity contribution is 14.0. The molecular weight excluding hydrogens is 505 g/mol. The number of carbonyl (C=O) groups excluding carboxylic acids is 1. The summed E-state index contributed by atoms with van der Waals surface area (Å²) in [6.07, 6.45) is 3.20. The zero-order valence-corrected chi connectivity index (χ0v) is 20.7. The van der Waals surface area contributed by atoms with Crippen LogP contribution in [-0.2, 0) is 6.42 Å². The first-order valence-electron chi connectivity index (χ1n) is 10.5. The van der Waals surface area contributed by atoms with Crippen molar-refractivity contribution in [3.05, 3.63) is 59.2 Å². The van der Waals surface area contributed by atoms with E-state index in [0.717, 1.165) is 37.5 Å². The van der Waals surface area contributed by atoms with Gasteiger partial charge in [0.1, 0.15) is 0 Å². The van der Waals surface area contributed by atoms with Crippen molar-refractivity contribution in [2.24, 2.45) is 4.99 Å². The Balaban J connectivity index is 0.00000341. The Morgan fingerprint density at radius 3 is 2.65 bits per heavy atom. The van der Waals surface area contributed by atoms with E-state index in [0.29, 0.717) is 18.8 Å². The van der Waals surface area contributed by atoms with Crippen molar-refractivity contribution in [3.63, 3.8) is 0 Å². The van der Waals surface area contributed by atoms with Gasteiger partial charge in [-0.15, -0.1) is 24.0 Å². The minimum Gasteiger partial charge on any atom is -0.459 e. The standard InChI is InChI=1S/C23H31N5O2.HI/c1-4-24-23(26-13-7-12-25-22(29)21-16(2)11-15-30-21)27-14-10-18-17(3)28-20-9-6-5-8-19(18)20;/h5-6,8-9,11,15,28H,4,7,10,12-14H2,1-3H3,(H,25,29)(H2,24,26,27);1H. The van der Waals surface area contributed by atoms with E-state index in [1.54, 1.807) is 6.07 Å². The number of H-pyrrole nitrogens is 1. The number of aryl methyl sites for hydroxylation is 2. The second-order valence-electron chi connectivity index (χ2n) is 7.25. The monoisotopic (exact) mass is 537 g/mol. The Bertz CT molecular complexity index is 1010. The van der Waals surface area contributed by atoms with Gasteiger partial charge in [-0.25, -0.2) is 0 Å². The summed E-state index contributed by atoms with van der Waals surface area (Å²) >= 11 is 0. The Hall–Kier alpha value is -2.49. The predicted molar refractivity (Wildman–Crippen MR) is 137 cm³/mol. The van der Waals surface area contributed by atoms with E-state index in [9.17, 15) is 4.79 Å². The average Bonchev–Trinajstić information content (AvgIpc) is 3.30. The van der Waals surface area contributed by atoms with Gasteiger partial charge in [0.2, 0.25) is 0 Å². The topological polar surface area (TPSA) is 94.4 Å². The molecule has 168 valence electrons. The van der Waals surface area contributed by atoms with E-state index >= 15 is 0 Å². The Morgan fingerprint density at radius 1 is 1.10 bits per heavy atom. The smallest absolute Gasteiger partial charge is 0.287 e. The predicted octanol–water partition coefficient (Wildman–Crippen LogP) is 3.91. The van der Waals surface area contributed by atoms with Crippen molar-refractivity contribution in [1.29, 1.82) is 0 Å². The summed E-state index contributed by atoms with van der Waals surface area (Å²) in [5.41, 5.74) is 4.57. The highest BCUT2D eigenvalue weighted by atomic mass is 127. The van der Waals surface area contributed by atoms with E-state index in [1.807, 2.05) is 13.8 Å². The quantitative estimate of drug-likeness (QED) is 0.144. The fourth-order valence-electron chi connectivity index (χ4n) is 3.46. The number of furan rings is 1. The number of guanidine groups is 1. The molecule has 0 aliphatic rings. The lowest BCUT2D eigenvalue weighted by molar-refractivity contribution is 0.0925. The van der Waals surface area contributed by atoms with Crippen molar-refractivity contribution in [2.45, 2.75) is 33.6 Å². The lowest BCUT2D eigenvalue weighted by atomic mass is 10.1. The molecule has 1 amide bonds. The van der Waals surface area contributed by atoms with Crippen LogP contribution in [0.1, 0.15) is 40.7 Å². The number of halogens is 1. The number of carbonyl (C=O) groups is 1. The summed E-state index contributed by atoms with van der Waals surface area (Å²) in [6.45, 7) is 8.79. The maximum absolute atomic E-state index is 12.0.